The van der Waals surface area contributed by atoms with Crippen molar-refractivity contribution in [3.63, 3.8) is 0 Å². The summed E-state index contributed by atoms with van der Waals surface area (Å²) in [4.78, 5) is 22.2. The van der Waals surface area contributed by atoms with Crippen LogP contribution in [0, 0.1) is 0 Å². The van der Waals surface area contributed by atoms with Crippen LogP contribution in [0.5, 0.6) is 0 Å². The molecule has 3 rings (SSSR count). The van der Waals surface area contributed by atoms with E-state index in [1.807, 2.05) is 37.9 Å². The van der Waals surface area contributed by atoms with Gasteiger partial charge in [0.25, 0.3) is 0 Å². The first-order valence-electron chi connectivity index (χ1n) is 11.6. The fraction of sp³-hybridized carbons (Fsp3) is 0.750. The average molecular weight is 402 g/mol. The summed E-state index contributed by atoms with van der Waals surface area (Å²) in [6, 6.07) is 4.85. The third-order valence-electron chi connectivity index (χ3n) is 6.06. The Morgan fingerprint density at radius 2 is 1.86 bits per heavy atom. The van der Waals surface area contributed by atoms with E-state index in [4.69, 9.17) is 9.72 Å². The number of ether oxygens (including phenoxy) is 1. The van der Waals surface area contributed by atoms with Gasteiger partial charge in [-0.05, 0) is 77.6 Å². The fourth-order valence-electron chi connectivity index (χ4n) is 4.74. The summed E-state index contributed by atoms with van der Waals surface area (Å²) in [6.45, 7) is 10.3. The van der Waals surface area contributed by atoms with Gasteiger partial charge in [-0.2, -0.15) is 0 Å². The number of aromatic nitrogens is 1. The number of likely N-dealkylation sites (tertiary alicyclic amines) is 1. The molecule has 0 N–H and O–H groups in total. The number of anilines is 1. The maximum absolute atomic E-state index is 13.0. The molecule has 1 saturated heterocycles. The molecule has 5 heteroatoms. The lowest BCUT2D eigenvalue weighted by Gasteiger charge is -2.36. The summed E-state index contributed by atoms with van der Waals surface area (Å²) in [5.41, 5.74) is 0.766. The van der Waals surface area contributed by atoms with E-state index in [0.717, 1.165) is 38.0 Å². The first-order chi connectivity index (χ1) is 13.9. The van der Waals surface area contributed by atoms with Gasteiger partial charge in [0.2, 0.25) is 0 Å². The average Bonchev–Trinajstić information content (AvgIpc) is 2.69. The molecule has 5 nitrogen and oxygen atoms in total. The Labute approximate surface area is 176 Å². The molecule has 1 aliphatic heterocycles. The highest BCUT2D eigenvalue weighted by Crippen LogP contribution is 2.33. The standard InChI is InChI=1S/C24H39N3O2/c1-5-16-26-17-10-9-13-21(26)19-14-15-22(25-18-19)27(20-11-7-6-8-12-20)23(28)29-24(2,3)4/h14-15,18,20-21H,5-13,16-17H2,1-4H3/t21-/m0/s1. The van der Waals surface area contributed by atoms with Crippen LogP contribution in [0.15, 0.2) is 18.3 Å². The molecule has 1 saturated carbocycles. The van der Waals surface area contributed by atoms with Gasteiger partial charge < -0.3 is 4.74 Å². The first kappa shape index (κ1) is 22.1. The van der Waals surface area contributed by atoms with Crippen LogP contribution in [-0.2, 0) is 4.74 Å². The third kappa shape index (κ3) is 5.94. The second-order valence-electron chi connectivity index (χ2n) is 9.64. The molecule has 0 unspecified atom stereocenters. The zero-order valence-corrected chi connectivity index (χ0v) is 18.8. The second-order valence-corrected chi connectivity index (χ2v) is 9.64. The molecular formula is C24H39N3O2. The smallest absolute Gasteiger partial charge is 0.416 e. The Morgan fingerprint density at radius 3 is 2.48 bits per heavy atom. The van der Waals surface area contributed by atoms with Crippen LogP contribution in [-0.4, -0.2) is 40.7 Å². The minimum Gasteiger partial charge on any atom is -0.443 e. The highest BCUT2D eigenvalue weighted by atomic mass is 16.6. The predicted molar refractivity (Wildman–Crippen MR) is 118 cm³/mol. The van der Waals surface area contributed by atoms with Gasteiger partial charge in [0.05, 0.1) is 0 Å². The van der Waals surface area contributed by atoms with E-state index in [9.17, 15) is 4.79 Å². The van der Waals surface area contributed by atoms with Crippen molar-refractivity contribution in [2.45, 2.75) is 103 Å². The Morgan fingerprint density at radius 1 is 1.14 bits per heavy atom. The molecule has 0 aromatic carbocycles. The van der Waals surface area contributed by atoms with Gasteiger partial charge in [0.15, 0.2) is 0 Å². The Balaban J connectivity index is 1.81. The molecule has 2 fully saturated rings. The summed E-state index contributed by atoms with van der Waals surface area (Å²) < 4.78 is 5.74. The number of nitrogens with zero attached hydrogens (tertiary/aromatic N) is 3. The monoisotopic (exact) mass is 401 g/mol. The summed E-state index contributed by atoms with van der Waals surface area (Å²) in [5.74, 6) is 0.729. The molecule has 2 aliphatic rings. The molecular weight excluding hydrogens is 362 g/mol. The highest BCUT2D eigenvalue weighted by molar-refractivity contribution is 5.87. The molecule has 0 bridgehead atoms. The molecule has 29 heavy (non-hydrogen) atoms. The molecule has 0 radical (unpaired) electrons. The topological polar surface area (TPSA) is 45.7 Å². The van der Waals surface area contributed by atoms with Crippen molar-refractivity contribution in [3.05, 3.63) is 23.9 Å². The predicted octanol–water partition coefficient (Wildman–Crippen LogP) is 6.09. The van der Waals surface area contributed by atoms with Gasteiger partial charge >= 0.3 is 6.09 Å². The molecule has 2 heterocycles. The lowest BCUT2D eigenvalue weighted by atomic mass is 9.94. The Kier molecular flexibility index (Phi) is 7.55. The van der Waals surface area contributed by atoms with E-state index in [1.54, 1.807) is 0 Å². The van der Waals surface area contributed by atoms with Crippen LogP contribution in [0.25, 0.3) is 0 Å². The number of hydrogen-bond donors (Lipinski definition) is 0. The van der Waals surface area contributed by atoms with Crippen molar-refractivity contribution in [2.75, 3.05) is 18.0 Å². The van der Waals surface area contributed by atoms with Crippen LogP contribution in [0.4, 0.5) is 10.6 Å². The van der Waals surface area contributed by atoms with Gasteiger partial charge in [-0.1, -0.05) is 38.7 Å². The van der Waals surface area contributed by atoms with Gasteiger partial charge in [0, 0.05) is 18.3 Å². The summed E-state index contributed by atoms with van der Waals surface area (Å²) in [7, 11) is 0. The maximum atomic E-state index is 13.0. The van der Waals surface area contributed by atoms with Crippen molar-refractivity contribution in [1.82, 2.24) is 9.88 Å². The number of carbonyl (C=O) groups is 1. The van der Waals surface area contributed by atoms with Crippen molar-refractivity contribution < 1.29 is 9.53 Å². The highest BCUT2D eigenvalue weighted by Gasteiger charge is 2.32. The van der Waals surface area contributed by atoms with Gasteiger partial charge in [-0.3, -0.25) is 9.80 Å². The largest absolute Gasteiger partial charge is 0.443 e. The minimum atomic E-state index is -0.507. The lowest BCUT2D eigenvalue weighted by Crippen LogP contribution is -2.45. The quantitative estimate of drug-likeness (QED) is 0.598. The number of amides is 1. The minimum absolute atomic E-state index is 0.184. The van der Waals surface area contributed by atoms with Crippen molar-refractivity contribution in [2.24, 2.45) is 0 Å². The molecule has 0 spiro atoms. The second kappa shape index (κ2) is 9.92. The molecule has 1 aliphatic carbocycles. The van der Waals surface area contributed by atoms with Crippen molar-refractivity contribution >= 4 is 11.9 Å². The lowest BCUT2D eigenvalue weighted by molar-refractivity contribution is 0.0556. The number of carbonyl (C=O) groups excluding carboxylic acids is 1. The summed E-state index contributed by atoms with van der Waals surface area (Å²) >= 11 is 0. The van der Waals surface area contributed by atoms with E-state index < -0.39 is 5.60 Å². The Hall–Kier alpha value is -1.62. The van der Waals surface area contributed by atoms with Crippen LogP contribution in [0.1, 0.15) is 97.1 Å². The van der Waals surface area contributed by atoms with Crippen molar-refractivity contribution in [3.8, 4) is 0 Å². The van der Waals surface area contributed by atoms with E-state index in [0.29, 0.717) is 6.04 Å². The number of pyridine rings is 1. The molecule has 1 amide bonds. The van der Waals surface area contributed by atoms with E-state index in [1.165, 1.54) is 44.2 Å². The normalized spacial score (nSPS) is 21.7. The van der Waals surface area contributed by atoms with Gasteiger partial charge in [-0.15, -0.1) is 0 Å². The van der Waals surface area contributed by atoms with E-state index in [2.05, 4.69) is 17.9 Å². The molecule has 1 atom stereocenters. The number of piperidine rings is 1. The first-order valence-corrected chi connectivity index (χ1v) is 11.6. The number of rotatable bonds is 5. The molecule has 1 aromatic heterocycles. The van der Waals surface area contributed by atoms with Gasteiger partial charge in [-0.25, -0.2) is 9.78 Å². The maximum Gasteiger partial charge on any atom is 0.416 e. The van der Waals surface area contributed by atoms with Crippen LogP contribution >= 0.6 is 0 Å². The van der Waals surface area contributed by atoms with Crippen LogP contribution in [0.3, 0.4) is 0 Å². The third-order valence-corrected chi connectivity index (χ3v) is 6.06. The SMILES string of the molecule is CCCN1CCCC[C@H]1c1ccc(N(C(=O)OC(C)(C)C)C2CCCCC2)nc1. The zero-order chi connectivity index (χ0) is 20.9. The summed E-state index contributed by atoms with van der Waals surface area (Å²) in [6.07, 6.45) is 12.3. The van der Waals surface area contributed by atoms with E-state index >= 15 is 0 Å². The van der Waals surface area contributed by atoms with Gasteiger partial charge in [0.1, 0.15) is 11.4 Å². The number of hydrogen-bond acceptors (Lipinski definition) is 4. The van der Waals surface area contributed by atoms with E-state index in [-0.39, 0.29) is 12.1 Å². The fourth-order valence-corrected chi connectivity index (χ4v) is 4.74. The Bertz CT molecular complexity index is 645. The molecule has 1 aromatic rings. The van der Waals surface area contributed by atoms with Crippen LogP contribution < -0.4 is 4.90 Å². The van der Waals surface area contributed by atoms with Crippen molar-refractivity contribution in [1.29, 1.82) is 0 Å². The van der Waals surface area contributed by atoms with Crippen LogP contribution in [0.2, 0.25) is 0 Å². The zero-order valence-electron chi connectivity index (χ0n) is 18.8. The summed E-state index contributed by atoms with van der Waals surface area (Å²) in [5, 5.41) is 0. The molecule has 162 valence electrons.